The van der Waals surface area contributed by atoms with Crippen molar-refractivity contribution in [1.82, 2.24) is 5.32 Å². The fourth-order valence-electron chi connectivity index (χ4n) is 2.35. The first-order valence-corrected chi connectivity index (χ1v) is 8.26. The molecule has 0 aliphatic heterocycles. The molecular weight excluding hydrogens is 373 g/mol. The average molecular weight is 392 g/mol. The Labute approximate surface area is 160 Å². The summed E-state index contributed by atoms with van der Waals surface area (Å²) in [5.41, 5.74) is 2.01. The smallest absolute Gasteiger partial charge is 0.405 e. The highest BCUT2D eigenvalue weighted by molar-refractivity contribution is 6.03. The van der Waals surface area contributed by atoms with Gasteiger partial charge in [0.25, 0.3) is 5.91 Å². The van der Waals surface area contributed by atoms with Crippen molar-refractivity contribution in [1.29, 1.82) is 0 Å². The summed E-state index contributed by atoms with van der Waals surface area (Å²) in [5, 5.41) is 4.34. The van der Waals surface area contributed by atoms with Gasteiger partial charge in [0.1, 0.15) is 12.3 Å². The summed E-state index contributed by atoms with van der Waals surface area (Å²) >= 11 is 0. The summed E-state index contributed by atoms with van der Waals surface area (Å²) in [6.07, 6.45) is -1.61. The SMILES string of the molecule is COc1ccc(C)cc1/C=C/C(=O)Nc1cccc(C(=O)NCC(F)(F)F)c1. The molecule has 0 aromatic heterocycles. The molecule has 0 aliphatic rings. The number of carbonyl (C=O) groups is 2. The highest BCUT2D eigenvalue weighted by Crippen LogP contribution is 2.21. The summed E-state index contributed by atoms with van der Waals surface area (Å²) in [6.45, 7) is 0.482. The van der Waals surface area contributed by atoms with E-state index in [-0.39, 0.29) is 11.3 Å². The van der Waals surface area contributed by atoms with Gasteiger partial charge in [-0.1, -0.05) is 17.7 Å². The molecule has 0 fully saturated rings. The Kier molecular flexibility index (Phi) is 6.81. The van der Waals surface area contributed by atoms with Gasteiger partial charge in [-0.2, -0.15) is 13.2 Å². The second-order valence-corrected chi connectivity index (χ2v) is 5.95. The van der Waals surface area contributed by atoms with Gasteiger partial charge in [0.15, 0.2) is 0 Å². The Morgan fingerprint density at radius 3 is 2.57 bits per heavy atom. The molecule has 0 saturated heterocycles. The van der Waals surface area contributed by atoms with Crippen LogP contribution in [0.4, 0.5) is 18.9 Å². The van der Waals surface area contributed by atoms with Gasteiger partial charge in [0, 0.05) is 22.9 Å². The molecule has 5 nitrogen and oxygen atoms in total. The fourth-order valence-corrected chi connectivity index (χ4v) is 2.35. The largest absolute Gasteiger partial charge is 0.496 e. The van der Waals surface area contributed by atoms with Gasteiger partial charge in [0.05, 0.1) is 7.11 Å². The zero-order valence-corrected chi connectivity index (χ0v) is 15.3. The number of rotatable bonds is 6. The van der Waals surface area contributed by atoms with Crippen LogP contribution in [0.5, 0.6) is 5.75 Å². The number of halogens is 3. The number of nitrogens with one attached hydrogen (secondary N) is 2. The van der Waals surface area contributed by atoms with Gasteiger partial charge >= 0.3 is 6.18 Å². The van der Waals surface area contributed by atoms with Crippen molar-refractivity contribution in [3.8, 4) is 5.75 Å². The molecule has 0 radical (unpaired) electrons. The van der Waals surface area contributed by atoms with Gasteiger partial charge in [0.2, 0.25) is 5.91 Å². The third-order valence-corrected chi connectivity index (χ3v) is 3.64. The number of hydrogen-bond acceptors (Lipinski definition) is 3. The van der Waals surface area contributed by atoms with E-state index >= 15 is 0 Å². The lowest BCUT2D eigenvalue weighted by Crippen LogP contribution is -2.33. The highest BCUT2D eigenvalue weighted by Gasteiger charge is 2.27. The van der Waals surface area contributed by atoms with Gasteiger partial charge in [-0.15, -0.1) is 0 Å². The molecule has 0 bridgehead atoms. The van der Waals surface area contributed by atoms with Crippen molar-refractivity contribution in [2.45, 2.75) is 13.1 Å². The minimum Gasteiger partial charge on any atom is -0.496 e. The van der Waals surface area contributed by atoms with Crippen molar-refractivity contribution < 1.29 is 27.5 Å². The first-order chi connectivity index (χ1) is 13.2. The Hall–Kier alpha value is -3.29. The molecule has 2 amide bonds. The number of alkyl halides is 3. The standard InChI is InChI=1S/C20H19F3N2O3/c1-13-6-8-17(28-2)14(10-13)7-9-18(26)25-16-5-3-4-15(11-16)19(27)24-12-20(21,22)23/h3-11H,12H2,1-2H3,(H,24,27)(H,25,26)/b9-7+. The number of hydrogen-bond donors (Lipinski definition) is 2. The summed E-state index contributed by atoms with van der Waals surface area (Å²) in [6, 6.07) is 11.2. The Balaban J connectivity index is 2.05. The van der Waals surface area contributed by atoms with E-state index in [2.05, 4.69) is 5.32 Å². The Morgan fingerprint density at radius 2 is 1.89 bits per heavy atom. The van der Waals surface area contributed by atoms with E-state index in [0.29, 0.717) is 5.75 Å². The number of carbonyl (C=O) groups excluding carboxylic acids is 2. The normalized spacial score (nSPS) is 11.3. The molecule has 0 atom stereocenters. The summed E-state index contributed by atoms with van der Waals surface area (Å²) < 4.78 is 41.8. The molecule has 148 valence electrons. The zero-order chi connectivity index (χ0) is 20.7. The van der Waals surface area contributed by atoms with E-state index in [1.165, 1.54) is 37.5 Å². The number of benzene rings is 2. The second-order valence-electron chi connectivity index (χ2n) is 5.95. The molecule has 2 aromatic carbocycles. The monoisotopic (exact) mass is 392 g/mol. The molecular formula is C20H19F3N2O3. The number of ether oxygens (including phenoxy) is 1. The van der Waals surface area contributed by atoms with Gasteiger partial charge < -0.3 is 15.4 Å². The van der Waals surface area contributed by atoms with Crippen molar-refractivity contribution in [3.63, 3.8) is 0 Å². The summed E-state index contributed by atoms with van der Waals surface area (Å²) in [4.78, 5) is 23.9. The molecule has 2 aromatic rings. The third kappa shape index (κ3) is 6.46. The fraction of sp³-hybridized carbons (Fsp3) is 0.200. The third-order valence-electron chi connectivity index (χ3n) is 3.64. The van der Waals surface area contributed by atoms with Crippen LogP contribution in [-0.4, -0.2) is 31.6 Å². The molecule has 0 spiro atoms. The summed E-state index contributed by atoms with van der Waals surface area (Å²) in [5.74, 6) is -0.733. The van der Waals surface area contributed by atoms with Crippen LogP contribution in [0.25, 0.3) is 6.08 Å². The molecule has 0 aliphatic carbocycles. The number of methoxy groups -OCH3 is 1. The maximum atomic E-state index is 12.2. The van der Waals surface area contributed by atoms with Crippen LogP contribution >= 0.6 is 0 Å². The van der Waals surface area contributed by atoms with Crippen LogP contribution in [-0.2, 0) is 4.79 Å². The first kappa shape index (κ1) is 21.0. The van der Waals surface area contributed by atoms with E-state index in [9.17, 15) is 22.8 Å². The predicted molar refractivity (Wildman–Crippen MR) is 100 cm³/mol. The Morgan fingerprint density at radius 1 is 1.14 bits per heavy atom. The van der Waals surface area contributed by atoms with Crippen LogP contribution in [0.1, 0.15) is 21.5 Å². The molecule has 0 saturated carbocycles. The number of anilines is 1. The summed E-state index contributed by atoms with van der Waals surface area (Å²) in [7, 11) is 1.53. The average Bonchev–Trinajstić information content (AvgIpc) is 2.64. The van der Waals surface area contributed by atoms with Gasteiger partial charge in [-0.25, -0.2) is 0 Å². The minimum atomic E-state index is -4.50. The molecule has 2 N–H and O–H groups in total. The zero-order valence-electron chi connectivity index (χ0n) is 15.3. The maximum absolute atomic E-state index is 12.2. The van der Waals surface area contributed by atoms with E-state index in [1.54, 1.807) is 17.5 Å². The van der Waals surface area contributed by atoms with E-state index in [1.807, 2.05) is 19.1 Å². The highest BCUT2D eigenvalue weighted by atomic mass is 19.4. The van der Waals surface area contributed by atoms with E-state index in [4.69, 9.17) is 4.74 Å². The predicted octanol–water partition coefficient (Wildman–Crippen LogP) is 3.95. The van der Waals surface area contributed by atoms with Crippen LogP contribution in [0, 0.1) is 6.92 Å². The lowest BCUT2D eigenvalue weighted by Gasteiger charge is -2.09. The second kappa shape index (κ2) is 9.07. The van der Waals surface area contributed by atoms with Crippen molar-refractivity contribution in [2.75, 3.05) is 19.0 Å². The van der Waals surface area contributed by atoms with Crippen LogP contribution in [0.3, 0.4) is 0 Å². The number of amides is 2. The van der Waals surface area contributed by atoms with Crippen molar-refractivity contribution in [2.24, 2.45) is 0 Å². The number of aryl methyl sites for hydroxylation is 1. The lowest BCUT2D eigenvalue weighted by molar-refractivity contribution is -0.123. The van der Waals surface area contributed by atoms with Gasteiger partial charge in [-0.05, 0) is 43.3 Å². The van der Waals surface area contributed by atoms with E-state index in [0.717, 1.165) is 11.1 Å². The first-order valence-electron chi connectivity index (χ1n) is 8.26. The van der Waals surface area contributed by atoms with Crippen LogP contribution in [0.2, 0.25) is 0 Å². The minimum absolute atomic E-state index is 0.00591. The van der Waals surface area contributed by atoms with E-state index < -0.39 is 24.5 Å². The van der Waals surface area contributed by atoms with Crippen LogP contribution < -0.4 is 15.4 Å². The topological polar surface area (TPSA) is 67.4 Å². The van der Waals surface area contributed by atoms with Crippen molar-refractivity contribution >= 4 is 23.6 Å². The maximum Gasteiger partial charge on any atom is 0.405 e. The molecule has 0 heterocycles. The molecule has 8 heteroatoms. The van der Waals surface area contributed by atoms with Crippen LogP contribution in [0.15, 0.2) is 48.5 Å². The molecule has 2 rings (SSSR count). The lowest BCUT2D eigenvalue weighted by atomic mass is 10.1. The Bertz CT molecular complexity index is 893. The quantitative estimate of drug-likeness (QED) is 0.732. The molecule has 28 heavy (non-hydrogen) atoms. The van der Waals surface area contributed by atoms with Gasteiger partial charge in [-0.3, -0.25) is 9.59 Å². The molecule has 0 unspecified atom stereocenters. The van der Waals surface area contributed by atoms with Crippen molar-refractivity contribution in [3.05, 3.63) is 65.2 Å².